The van der Waals surface area contributed by atoms with Crippen LogP contribution >= 0.6 is 0 Å². The summed E-state index contributed by atoms with van der Waals surface area (Å²) in [4.78, 5) is 26.2. The first-order valence-electron chi connectivity index (χ1n) is 9.68. The lowest BCUT2D eigenvalue weighted by Gasteiger charge is -2.15. The van der Waals surface area contributed by atoms with E-state index < -0.39 is 0 Å². The zero-order valence-corrected chi connectivity index (χ0v) is 16.5. The molecular formula is C24H26N3O2+. The van der Waals surface area contributed by atoms with Crippen LogP contribution in [0.4, 0.5) is 5.69 Å². The van der Waals surface area contributed by atoms with Gasteiger partial charge in [-0.15, -0.1) is 0 Å². The average Bonchev–Trinajstić information content (AvgIpc) is 2.73. The Morgan fingerprint density at radius 1 is 0.793 bits per heavy atom. The molecule has 2 amide bonds. The topological polar surface area (TPSA) is 62.6 Å². The maximum atomic E-state index is 12.6. The van der Waals surface area contributed by atoms with Crippen LogP contribution in [-0.2, 0) is 17.9 Å². The van der Waals surface area contributed by atoms with Crippen LogP contribution in [0.25, 0.3) is 0 Å². The van der Waals surface area contributed by atoms with Crippen molar-refractivity contribution >= 4 is 17.5 Å². The normalized spacial score (nSPS) is 11.5. The lowest BCUT2D eigenvalue weighted by atomic mass is 10.1. The van der Waals surface area contributed by atoms with Crippen LogP contribution in [0.2, 0.25) is 0 Å². The van der Waals surface area contributed by atoms with Crippen molar-refractivity contribution < 1.29 is 14.5 Å². The highest BCUT2D eigenvalue weighted by Gasteiger charge is 2.15. The van der Waals surface area contributed by atoms with Gasteiger partial charge in [0.25, 0.3) is 11.8 Å². The zero-order valence-electron chi connectivity index (χ0n) is 16.5. The average molecular weight is 388 g/mol. The van der Waals surface area contributed by atoms with Crippen molar-refractivity contribution in [3.05, 3.63) is 102 Å². The largest absolute Gasteiger partial charge is 0.348 e. The molecule has 1 unspecified atom stereocenters. The minimum atomic E-state index is -0.213. The lowest BCUT2D eigenvalue weighted by molar-refractivity contribution is -0.885. The van der Waals surface area contributed by atoms with E-state index in [4.69, 9.17) is 0 Å². The van der Waals surface area contributed by atoms with E-state index >= 15 is 0 Å². The summed E-state index contributed by atoms with van der Waals surface area (Å²) in [6, 6.07) is 26.9. The summed E-state index contributed by atoms with van der Waals surface area (Å²) >= 11 is 0. The predicted molar refractivity (Wildman–Crippen MR) is 115 cm³/mol. The van der Waals surface area contributed by atoms with Crippen molar-refractivity contribution in [1.29, 1.82) is 0 Å². The minimum Gasteiger partial charge on any atom is -0.348 e. The van der Waals surface area contributed by atoms with Crippen molar-refractivity contribution in [2.75, 3.05) is 18.9 Å². The molecule has 3 aromatic rings. The molecule has 0 radical (unpaired) electrons. The van der Waals surface area contributed by atoms with E-state index in [-0.39, 0.29) is 11.8 Å². The molecule has 5 nitrogen and oxygen atoms in total. The number of rotatable bonds is 8. The third-order valence-electron chi connectivity index (χ3n) is 4.55. The number of para-hydroxylation sites is 1. The number of quaternary nitrogens is 1. The highest BCUT2D eigenvalue weighted by Crippen LogP contribution is 2.15. The van der Waals surface area contributed by atoms with Gasteiger partial charge in [-0.05, 0) is 17.7 Å². The number of benzene rings is 3. The molecule has 0 fully saturated rings. The van der Waals surface area contributed by atoms with Crippen molar-refractivity contribution in [1.82, 2.24) is 5.32 Å². The van der Waals surface area contributed by atoms with E-state index in [2.05, 4.69) is 10.6 Å². The monoisotopic (exact) mass is 388 g/mol. The summed E-state index contributed by atoms with van der Waals surface area (Å²) in [5, 5.41) is 5.79. The predicted octanol–water partition coefficient (Wildman–Crippen LogP) is 2.27. The molecule has 0 saturated carbocycles. The van der Waals surface area contributed by atoms with Crippen molar-refractivity contribution in [2.24, 2.45) is 0 Å². The van der Waals surface area contributed by atoms with E-state index in [1.54, 1.807) is 18.2 Å². The third kappa shape index (κ3) is 6.30. The van der Waals surface area contributed by atoms with E-state index in [0.29, 0.717) is 24.3 Å². The molecule has 148 valence electrons. The SMILES string of the molecule is C[NH+](CC(=O)Nc1ccccc1C(=O)NCc1ccccc1)Cc1ccccc1. The Hall–Kier alpha value is -3.44. The molecule has 1 atom stereocenters. The van der Waals surface area contributed by atoms with Gasteiger partial charge in [-0.3, -0.25) is 9.59 Å². The number of amides is 2. The first-order valence-corrected chi connectivity index (χ1v) is 9.68. The molecule has 5 heteroatoms. The van der Waals surface area contributed by atoms with Crippen molar-refractivity contribution in [3.8, 4) is 0 Å². The standard InChI is InChI=1S/C24H25N3O2/c1-27(17-20-12-6-3-7-13-20)18-23(28)26-22-15-9-8-14-21(22)24(29)25-16-19-10-4-2-5-11-19/h2-15H,16-18H2,1H3,(H,25,29)(H,26,28)/p+1. The number of anilines is 1. The Bertz CT molecular complexity index is 943. The fraction of sp³-hybridized carbons (Fsp3) is 0.167. The molecule has 3 rings (SSSR count). The van der Waals surface area contributed by atoms with Gasteiger partial charge in [-0.2, -0.15) is 0 Å². The molecular weight excluding hydrogens is 362 g/mol. The number of nitrogens with one attached hydrogen (secondary N) is 3. The van der Waals surface area contributed by atoms with Gasteiger partial charge in [0.1, 0.15) is 6.54 Å². The maximum absolute atomic E-state index is 12.6. The summed E-state index contributed by atoms with van der Waals surface area (Å²) < 4.78 is 0. The molecule has 0 aliphatic heterocycles. The van der Waals surface area contributed by atoms with E-state index in [0.717, 1.165) is 17.0 Å². The van der Waals surface area contributed by atoms with Crippen LogP contribution in [0.3, 0.4) is 0 Å². The van der Waals surface area contributed by atoms with Gasteiger partial charge in [0.2, 0.25) is 0 Å². The van der Waals surface area contributed by atoms with E-state index in [1.807, 2.05) is 73.8 Å². The van der Waals surface area contributed by atoms with Crippen LogP contribution in [-0.4, -0.2) is 25.4 Å². The van der Waals surface area contributed by atoms with Crippen molar-refractivity contribution in [3.63, 3.8) is 0 Å². The summed E-state index contributed by atoms with van der Waals surface area (Å²) in [5.41, 5.74) is 3.18. The molecule has 0 aliphatic carbocycles. The molecule has 0 bridgehead atoms. The molecule has 29 heavy (non-hydrogen) atoms. The Balaban J connectivity index is 1.57. The van der Waals surface area contributed by atoms with Gasteiger partial charge in [0.15, 0.2) is 6.54 Å². The second-order valence-electron chi connectivity index (χ2n) is 7.06. The molecule has 3 N–H and O–H groups in total. The van der Waals surface area contributed by atoms with E-state index in [1.165, 1.54) is 5.56 Å². The third-order valence-corrected chi connectivity index (χ3v) is 4.55. The molecule has 0 spiro atoms. The second kappa shape index (κ2) is 10.2. The first-order chi connectivity index (χ1) is 14.1. The van der Waals surface area contributed by atoms with Crippen LogP contribution in [0.15, 0.2) is 84.9 Å². The Morgan fingerprint density at radius 2 is 1.38 bits per heavy atom. The Labute approximate surface area is 171 Å². The van der Waals surface area contributed by atoms with Crippen molar-refractivity contribution in [2.45, 2.75) is 13.1 Å². The second-order valence-corrected chi connectivity index (χ2v) is 7.06. The summed E-state index contributed by atoms with van der Waals surface area (Å²) in [5.74, 6) is -0.337. The summed E-state index contributed by atoms with van der Waals surface area (Å²) in [6.07, 6.45) is 0. The van der Waals surface area contributed by atoms with E-state index in [9.17, 15) is 9.59 Å². The van der Waals surface area contributed by atoms with Crippen LogP contribution in [0, 0.1) is 0 Å². The van der Waals surface area contributed by atoms with Crippen LogP contribution in [0.1, 0.15) is 21.5 Å². The van der Waals surface area contributed by atoms with Crippen LogP contribution < -0.4 is 15.5 Å². The smallest absolute Gasteiger partial charge is 0.279 e. The number of likely N-dealkylation sites (N-methyl/N-ethyl adjacent to an activating group) is 1. The summed E-state index contributed by atoms with van der Waals surface area (Å²) in [7, 11) is 1.98. The van der Waals surface area contributed by atoms with Gasteiger partial charge in [0.05, 0.1) is 18.3 Å². The van der Waals surface area contributed by atoms with Gasteiger partial charge in [-0.25, -0.2) is 0 Å². The highest BCUT2D eigenvalue weighted by atomic mass is 16.2. The highest BCUT2D eigenvalue weighted by molar-refractivity contribution is 6.03. The summed E-state index contributed by atoms with van der Waals surface area (Å²) in [6.45, 7) is 1.51. The first kappa shape index (κ1) is 20.3. The lowest BCUT2D eigenvalue weighted by Crippen LogP contribution is -3.08. The number of carbonyl (C=O) groups excluding carboxylic acids is 2. The van der Waals surface area contributed by atoms with Gasteiger partial charge < -0.3 is 15.5 Å². The Kier molecular flexibility index (Phi) is 7.14. The maximum Gasteiger partial charge on any atom is 0.279 e. The molecule has 0 aromatic heterocycles. The van der Waals surface area contributed by atoms with Crippen LogP contribution in [0.5, 0.6) is 0 Å². The quantitative estimate of drug-likeness (QED) is 0.554. The minimum absolute atomic E-state index is 0.123. The Morgan fingerprint density at radius 3 is 2.07 bits per heavy atom. The molecule has 0 aliphatic rings. The number of carbonyl (C=O) groups is 2. The molecule has 0 heterocycles. The fourth-order valence-corrected chi connectivity index (χ4v) is 3.14. The number of hydrogen-bond acceptors (Lipinski definition) is 2. The van der Waals surface area contributed by atoms with Gasteiger partial charge in [-0.1, -0.05) is 72.8 Å². The molecule has 0 saturated heterocycles. The molecule has 3 aromatic carbocycles. The number of hydrogen-bond donors (Lipinski definition) is 3. The van der Waals surface area contributed by atoms with Gasteiger partial charge >= 0.3 is 0 Å². The zero-order chi connectivity index (χ0) is 20.5. The van der Waals surface area contributed by atoms with Gasteiger partial charge in [0, 0.05) is 12.1 Å². The fourth-order valence-electron chi connectivity index (χ4n) is 3.14.